The van der Waals surface area contributed by atoms with Crippen LogP contribution in [0.3, 0.4) is 0 Å². The van der Waals surface area contributed by atoms with Gasteiger partial charge in [0.1, 0.15) is 0 Å². The number of piperazine rings is 1. The number of aromatic nitrogens is 2. The highest BCUT2D eigenvalue weighted by molar-refractivity contribution is 9.10. The predicted molar refractivity (Wildman–Crippen MR) is 123 cm³/mol. The van der Waals surface area contributed by atoms with Gasteiger partial charge in [0.25, 0.3) is 0 Å². The molecule has 2 aromatic carbocycles. The first-order valence-electron chi connectivity index (χ1n) is 10.9. The first-order chi connectivity index (χ1) is 15.2. The molecule has 0 N–H and O–H groups in total. The van der Waals surface area contributed by atoms with E-state index in [0.717, 1.165) is 66.2 Å². The van der Waals surface area contributed by atoms with Gasteiger partial charge in [-0.15, -0.1) is 0 Å². The Labute approximate surface area is 190 Å². The van der Waals surface area contributed by atoms with Crippen LogP contribution in [0.25, 0.3) is 11.4 Å². The van der Waals surface area contributed by atoms with Gasteiger partial charge in [0.05, 0.1) is 6.42 Å². The van der Waals surface area contributed by atoms with Crippen molar-refractivity contribution in [2.45, 2.75) is 31.6 Å². The molecule has 2 heterocycles. The minimum Gasteiger partial charge on any atom is -0.368 e. The molecule has 5 rings (SSSR count). The molecule has 7 heteroatoms. The molecule has 0 spiro atoms. The van der Waals surface area contributed by atoms with Crippen LogP contribution >= 0.6 is 15.9 Å². The van der Waals surface area contributed by atoms with Crippen LogP contribution in [0, 0.1) is 0 Å². The van der Waals surface area contributed by atoms with Gasteiger partial charge >= 0.3 is 0 Å². The van der Waals surface area contributed by atoms with Crippen LogP contribution in [0.1, 0.15) is 36.6 Å². The number of anilines is 1. The fourth-order valence-electron chi connectivity index (χ4n) is 4.13. The molecule has 6 nitrogen and oxygen atoms in total. The molecule has 2 aliphatic rings. The van der Waals surface area contributed by atoms with Gasteiger partial charge in [0.2, 0.25) is 17.6 Å². The summed E-state index contributed by atoms with van der Waals surface area (Å²) in [5.74, 6) is 2.06. The lowest BCUT2D eigenvalue weighted by molar-refractivity contribution is -0.130. The Balaban J connectivity index is 1.17. The molecule has 0 radical (unpaired) electrons. The Bertz CT molecular complexity index is 1050. The van der Waals surface area contributed by atoms with E-state index in [1.807, 2.05) is 29.2 Å². The maximum atomic E-state index is 12.7. The van der Waals surface area contributed by atoms with Gasteiger partial charge in [-0.25, -0.2) is 0 Å². The van der Waals surface area contributed by atoms with Gasteiger partial charge in [-0.2, -0.15) is 4.98 Å². The Morgan fingerprint density at radius 3 is 2.45 bits per heavy atom. The number of carbonyl (C=O) groups is 1. The van der Waals surface area contributed by atoms with Crippen molar-refractivity contribution in [1.29, 1.82) is 0 Å². The number of halogens is 1. The minimum atomic E-state index is 0.182. The summed E-state index contributed by atoms with van der Waals surface area (Å²) in [6.45, 7) is 3.13. The topological polar surface area (TPSA) is 62.5 Å². The number of hydrogen-bond acceptors (Lipinski definition) is 5. The van der Waals surface area contributed by atoms with Crippen molar-refractivity contribution >= 4 is 27.5 Å². The molecule has 1 saturated heterocycles. The van der Waals surface area contributed by atoms with Crippen molar-refractivity contribution in [3.63, 3.8) is 0 Å². The second-order valence-corrected chi connectivity index (χ2v) is 9.12. The van der Waals surface area contributed by atoms with Crippen LogP contribution in [0.5, 0.6) is 0 Å². The van der Waals surface area contributed by atoms with E-state index < -0.39 is 0 Å². The van der Waals surface area contributed by atoms with Crippen molar-refractivity contribution in [3.05, 3.63) is 64.5 Å². The van der Waals surface area contributed by atoms with Crippen LogP contribution < -0.4 is 4.90 Å². The zero-order chi connectivity index (χ0) is 21.2. The molecule has 2 fully saturated rings. The molecule has 1 saturated carbocycles. The SMILES string of the molecule is O=C(Cc1ccccc1Br)N1CCN(c2ccc(-c3noc(C4CCC4)n3)cc2)CC1. The number of amides is 1. The lowest BCUT2D eigenvalue weighted by atomic mass is 9.85. The summed E-state index contributed by atoms with van der Waals surface area (Å²) >= 11 is 3.53. The Hall–Kier alpha value is -2.67. The van der Waals surface area contributed by atoms with Crippen molar-refractivity contribution in [2.75, 3.05) is 31.1 Å². The molecular formula is C24H25BrN4O2. The molecule has 1 amide bonds. The van der Waals surface area contributed by atoms with Crippen LogP contribution in [0.2, 0.25) is 0 Å². The summed E-state index contributed by atoms with van der Waals surface area (Å²) in [5, 5.41) is 4.15. The summed E-state index contributed by atoms with van der Waals surface area (Å²) < 4.78 is 6.43. The lowest BCUT2D eigenvalue weighted by Crippen LogP contribution is -2.49. The Kier molecular flexibility index (Phi) is 5.76. The summed E-state index contributed by atoms with van der Waals surface area (Å²) in [6, 6.07) is 16.2. The minimum absolute atomic E-state index is 0.182. The smallest absolute Gasteiger partial charge is 0.230 e. The van der Waals surface area contributed by atoms with Crippen molar-refractivity contribution in [1.82, 2.24) is 15.0 Å². The molecule has 1 aliphatic carbocycles. The standard InChI is InChI=1S/C24H25BrN4O2/c25-21-7-2-1-4-19(21)16-22(30)29-14-12-28(13-15-29)20-10-8-17(9-11-20)23-26-24(31-27-23)18-5-3-6-18/h1-2,4,7-11,18H,3,5-6,12-16H2. The van der Waals surface area contributed by atoms with E-state index in [0.29, 0.717) is 18.2 Å². The highest BCUT2D eigenvalue weighted by Gasteiger charge is 2.26. The molecule has 31 heavy (non-hydrogen) atoms. The zero-order valence-electron chi connectivity index (χ0n) is 17.3. The highest BCUT2D eigenvalue weighted by atomic mass is 79.9. The summed E-state index contributed by atoms with van der Waals surface area (Å²) in [7, 11) is 0. The molecule has 1 aliphatic heterocycles. The van der Waals surface area contributed by atoms with Crippen molar-refractivity contribution in [3.8, 4) is 11.4 Å². The first kappa shape index (κ1) is 20.2. The summed E-state index contributed by atoms with van der Waals surface area (Å²) in [6.07, 6.45) is 3.98. The number of benzene rings is 2. The third-order valence-corrected chi connectivity index (χ3v) is 7.09. The van der Waals surface area contributed by atoms with Crippen molar-refractivity contribution < 1.29 is 9.32 Å². The second-order valence-electron chi connectivity index (χ2n) is 8.27. The summed E-state index contributed by atoms with van der Waals surface area (Å²) in [5.41, 5.74) is 3.16. The van der Waals surface area contributed by atoms with E-state index in [1.165, 1.54) is 6.42 Å². The second kappa shape index (κ2) is 8.83. The maximum Gasteiger partial charge on any atom is 0.230 e. The third-order valence-electron chi connectivity index (χ3n) is 6.32. The monoisotopic (exact) mass is 480 g/mol. The molecule has 3 aromatic rings. The Morgan fingerprint density at radius 2 is 1.77 bits per heavy atom. The average molecular weight is 481 g/mol. The fourth-order valence-corrected chi connectivity index (χ4v) is 4.55. The summed E-state index contributed by atoms with van der Waals surface area (Å²) in [4.78, 5) is 21.6. The molecule has 0 unspecified atom stereocenters. The normalized spacial score (nSPS) is 16.9. The zero-order valence-corrected chi connectivity index (χ0v) is 18.9. The van der Waals surface area contributed by atoms with Gasteiger partial charge < -0.3 is 14.3 Å². The van der Waals surface area contributed by atoms with Crippen molar-refractivity contribution in [2.24, 2.45) is 0 Å². The Morgan fingerprint density at radius 1 is 1.03 bits per heavy atom. The van der Waals surface area contributed by atoms with E-state index in [4.69, 9.17) is 4.52 Å². The van der Waals surface area contributed by atoms with Crippen LogP contribution in [-0.2, 0) is 11.2 Å². The molecule has 1 aromatic heterocycles. The average Bonchev–Trinajstić information content (AvgIpc) is 3.24. The number of nitrogens with zero attached hydrogens (tertiary/aromatic N) is 4. The van der Waals surface area contributed by atoms with E-state index >= 15 is 0 Å². The molecule has 160 valence electrons. The van der Waals surface area contributed by atoms with E-state index in [2.05, 4.69) is 55.2 Å². The lowest BCUT2D eigenvalue weighted by Gasteiger charge is -2.36. The fraction of sp³-hybridized carbons (Fsp3) is 0.375. The quantitative estimate of drug-likeness (QED) is 0.531. The largest absolute Gasteiger partial charge is 0.368 e. The van der Waals surface area contributed by atoms with E-state index in [9.17, 15) is 4.79 Å². The molecule has 0 atom stereocenters. The number of rotatable bonds is 5. The predicted octanol–water partition coefficient (Wildman–Crippen LogP) is 4.66. The highest BCUT2D eigenvalue weighted by Crippen LogP contribution is 2.36. The van der Waals surface area contributed by atoms with E-state index in [1.54, 1.807) is 0 Å². The van der Waals surface area contributed by atoms with Crippen LogP contribution in [0.4, 0.5) is 5.69 Å². The molecular weight excluding hydrogens is 456 g/mol. The number of hydrogen-bond donors (Lipinski definition) is 0. The van der Waals surface area contributed by atoms with Gasteiger partial charge in [0, 0.05) is 47.8 Å². The van der Waals surface area contributed by atoms with Gasteiger partial charge in [0.15, 0.2) is 0 Å². The van der Waals surface area contributed by atoms with Crippen LogP contribution in [0.15, 0.2) is 57.5 Å². The maximum absolute atomic E-state index is 12.7. The van der Waals surface area contributed by atoms with E-state index in [-0.39, 0.29) is 5.91 Å². The first-order valence-corrected chi connectivity index (χ1v) is 11.7. The molecule has 0 bridgehead atoms. The van der Waals surface area contributed by atoms with Crippen LogP contribution in [-0.4, -0.2) is 47.1 Å². The van der Waals surface area contributed by atoms with Gasteiger partial charge in [-0.3, -0.25) is 4.79 Å². The van der Waals surface area contributed by atoms with Gasteiger partial charge in [-0.05, 0) is 48.7 Å². The van der Waals surface area contributed by atoms with Gasteiger partial charge in [-0.1, -0.05) is 45.7 Å². The number of carbonyl (C=O) groups excluding carboxylic acids is 1. The third kappa shape index (κ3) is 4.37.